The van der Waals surface area contributed by atoms with Gasteiger partial charge in [-0.25, -0.2) is 9.50 Å². The molecule has 0 aliphatic carbocycles. The molecule has 4 heterocycles. The lowest BCUT2D eigenvalue weighted by molar-refractivity contribution is 0.0853. The zero-order valence-corrected chi connectivity index (χ0v) is 14.7. The molecule has 1 fully saturated rings. The van der Waals surface area contributed by atoms with Gasteiger partial charge in [-0.3, -0.25) is 9.78 Å². The fraction of sp³-hybridized carbons (Fsp3) is 0.368. The molecular weight excluding hydrogens is 330 g/mol. The highest BCUT2D eigenvalue weighted by atomic mass is 16.5. The second-order valence-corrected chi connectivity index (χ2v) is 6.35. The van der Waals surface area contributed by atoms with Gasteiger partial charge in [0.05, 0.1) is 11.8 Å². The number of nitrogens with one attached hydrogen (secondary N) is 1. The molecule has 3 aromatic heterocycles. The van der Waals surface area contributed by atoms with Crippen LogP contribution in [0.1, 0.15) is 35.9 Å². The summed E-state index contributed by atoms with van der Waals surface area (Å²) in [7, 11) is 0. The molecule has 7 nitrogen and oxygen atoms in total. The van der Waals surface area contributed by atoms with Crippen molar-refractivity contribution in [1.82, 2.24) is 24.9 Å². The monoisotopic (exact) mass is 351 g/mol. The molecule has 1 aliphatic rings. The number of rotatable bonds is 5. The van der Waals surface area contributed by atoms with E-state index in [-0.39, 0.29) is 12.0 Å². The molecule has 1 saturated heterocycles. The van der Waals surface area contributed by atoms with Gasteiger partial charge in [0.15, 0.2) is 5.65 Å². The maximum Gasteiger partial charge on any atom is 0.270 e. The van der Waals surface area contributed by atoms with Crippen molar-refractivity contribution in [2.24, 2.45) is 0 Å². The highest BCUT2D eigenvalue weighted by Crippen LogP contribution is 2.18. The molecule has 1 unspecified atom stereocenters. The SMILES string of the molecule is CCc1cc(C(=O)NCC2CCCO2)nc2cc(-c3ccccn3)nn12. The van der Waals surface area contributed by atoms with E-state index in [9.17, 15) is 4.79 Å². The molecule has 0 spiro atoms. The summed E-state index contributed by atoms with van der Waals surface area (Å²) in [5.41, 5.74) is 3.50. The van der Waals surface area contributed by atoms with Crippen LogP contribution in [0.2, 0.25) is 0 Å². The molecule has 7 heteroatoms. The molecule has 1 N–H and O–H groups in total. The minimum atomic E-state index is -0.182. The summed E-state index contributed by atoms with van der Waals surface area (Å²) in [6.45, 7) is 3.33. The third-order valence-corrected chi connectivity index (χ3v) is 4.54. The molecule has 1 aliphatic heterocycles. The Bertz CT molecular complexity index is 916. The topological polar surface area (TPSA) is 81.4 Å². The van der Waals surface area contributed by atoms with E-state index in [4.69, 9.17) is 4.74 Å². The van der Waals surface area contributed by atoms with E-state index in [1.807, 2.05) is 31.2 Å². The summed E-state index contributed by atoms with van der Waals surface area (Å²) in [5, 5.41) is 7.53. The second-order valence-electron chi connectivity index (χ2n) is 6.35. The van der Waals surface area contributed by atoms with Crippen LogP contribution in [-0.2, 0) is 11.2 Å². The number of carbonyl (C=O) groups excluding carboxylic acids is 1. The normalized spacial score (nSPS) is 16.9. The lowest BCUT2D eigenvalue weighted by Gasteiger charge is -2.11. The van der Waals surface area contributed by atoms with Crippen molar-refractivity contribution in [1.29, 1.82) is 0 Å². The first kappa shape index (κ1) is 16.7. The molecule has 3 aromatic rings. The first-order valence-electron chi connectivity index (χ1n) is 8.95. The van der Waals surface area contributed by atoms with Gasteiger partial charge in [-0.1, -0.05) is 13.0 Å². The number of pyridine rings is 1. The molecule has 4 rings (SSSR count). The Labute approximate surface area is 151 Å². The first-order chi connectivity index (χ1) is 12.7. The number of hydrogen-bond donors (Lipinski definition) is 1. The molecule has 0 bridgehead atoms. The first-order valence-corrected chi connectivity index (χ1v) is 8.95. The summed E-state index contributed by atoms with van der Waals surface area (Å²) < 4.78 is 7.33. The Morgan fingerprint density at radius 1 is 1.35 bits per heavy atom. The van der Waals surface area contributed by atoms with Crippen LogP contribution in [0, 0.1) is 0 Å². The lowest BCUT2D eigenvalue weighted by Crippen LogP contribution is -2.32. The van der Waals surface area contributed by atoms with Gasteiger partial charge in [-0.2, -0.15) is 5.10 Å². The van der Waals surface area contributed by atoms with Crippen molar-refractivity contribution in [3.05, 3.63) is 47.9 Å². The molecule has 0 radical (unpaired) electrons. The van der Waals surface area contributed by atoms with Gasteiger partial charge >= 0.3 is 0 Å². The third kappa shape index (κ3) is 3.30. The number of ether oxygens (including phenoxy) is 1. The van der Waals surface area contributed by atoms with Gasteiger partial charge in [0, 0.05) is 31.1 Å². The number of hydrogen-bond acceptors (Lipinski definition) is 5. The van der Waals surface area contributed by atoms with E-state index >= 15 is 0 Å². The highest BCUT2D eigenvalue weighted by molar-refractivity contribution is 5.93. The average Bonchev–Trinajstić information content (AvgIpc) is 3.35. The van der Waals surface area contributed by atoms with Crippen LogP contribution in [0.15, 0.2) is 36.5 Å². The second kappa shape index (κ2) is 7.21. The van der Waals surface area contributed by atoms with E-state index < -0.39 is 0 Å². The van der Waals surface area contributed by atoms with Crippen LogP contribution in [-0.4, -0.2) is 44.7 Å². The van der Waals surface area contributed by atoms with Crippen molar-refractivity contribution in [2.75, 3.05) is 13.2 Å². The maximum atomic E-state index is 12.5. The van der Waals surface area contributed by atoms with Crippen LogP contribution in [0.3, 0.4) is 0 Å². The smallest absolute Gasteiger partial charge is 0.270 e. The minimum absolute atomic E-state index is 0.110. The van der Waals surface area contributed by atoms with Crippen molar-refractivity contribution in [3.63, 3.8) is 0 Å². The Morgan fingerprint density at radius 2 is 2.27 bits per heavy atom. The van der Waals surface area contributed by atoms with Crippen molar-refractivity contribution in [3.8, 4) is 11.4 Å². The summed E-state index contributed by atoms with van der Waals surface area (Å²) in [5.74, 6) is -0.182. The molecule has 134 valence electrons. The quantitative estimate of drug-likeness (QED) is 0.762. The van der Waals surface area contributed by atoms with Gasteiger partial charge in [0.1, 0.15) is 11.4 Å². The predicted octanol–water partition coefficient (Wildman–Crippen LogP) is 2.26. The molecule has 0 aromatic carbocycles. The maximum absolute atomic E-state index is 12.5. The molecular formula is C19H21N5O2. The van der Waals surface area contributed by atoms with E-state index in [2.05, 4.69) is 20.4 Å². The van der Waals surface area contributed by atoms with Gasteiger partial charge in [0.2, 0.25) is 0 Å². The Morgan fingerprint density at radius 3 is 3.00 bits per heavy atom. The Hall–Kier alpha value is -2.80. The standard InChI is InChI=1S/C19H21N5O2/c1-2-13-10-17(19(25)21-12-14-6-5-9-26-14)22-18-11-16(23-24(13)18)15-7-3-4-8-20-15/h3-4,7-8,10-11,14H,2,5-6,9,12H2,1H3,(H,21,25). The summed E-state index contributed by atoms with van der Waals surface area (Å²) in [6, 6.07) is 9.35. The van der Waals surface area contributed by atoms with Crippen LogP contribution in [0.5, 0.6) is 0 Å². The Balaban J connectivity index is 1.62. The number of nitrogens with zero attached hydrogens (tertiary/aromatic N) is 4. The molecule has 1 atom stereocenters. The van der Waals surface area contributed by atoms with Gasteiger partial charge in [-0.15, -0.1) is 0 Å². The van der Waals surface area contributed by atoms with Crippen LogP contribution < -0.4 is 5.32 Å². The van der Waals surface area contributed by atoms with Gasteiger partial charge in [-0.05, 0) is 37.5 Å². The van der Waals surface area contributed by atoms with E-state index in [0.29, 0.717) is 17.9 Å². The van der Waals surface area contributed by atoms with Crippen molar-refractivity contribution < 1.29 is 9.53 Å². The molecule has 0 saturated carbocycles. The van der Waals surface area contributed by atoms with E-state index in [0.717, 1.165) is 43.0 Å². The van der Waals surface area contributed by atoms with Crippen LogP contribution >= 0.6 is 0 Å². The average molecular weight is 351 g/mol. The number of fused-ring (bicyclic) bond motifs is 1. The number of amides is 1. The van der Waals surface area contributed by atoms with E-state index in [1.165, 1.54) is 0 Å². The minimum Gasteiger partial charge on any atom is -0.376 e. The van der Waals surface area contributed by atoms with E-state index in [1.54, 1.807) is 16.8 Å². The lowest BCUT2D eigenvalue weighted by atomic mass is 10.2. The third-order valence-electron chi connectivity index (χ3n) is 4.54. The number of aryl methyl sites for hydroxylation is 1. The molecule has 1 amide bonds. The van der Waals surface area contributed by atoms with Crippen molar-refractivity contribution >= 4 is 11.6 Å². The van der Waals surface area contributed by atoms with Crippen molar-refractivity contribution in [2.45, 2.75) is 32.3 Å². The summed E-state index contributed by atoms with van der Waals surface area (Å²) >= 11 is 0. The fourth-order valence-electron chi connectivity index (χ4n) is 3.15. The predicted molar refractivity (Wildman–Crippen MR) is 96.9 cm³/mol. The highest BCUT2D eigenvalue weighted by Gasteiger charge is 2.18. The largest absolute Gasteiger partial charge is 0.376 e. The fourth-order valence-corrected chi connectivity index (χ4v) is 3.15. The number of aromatic nitrogens is 4. The van der Waals surface area contributed by atoms with Gasteiger partial charge < -0.3 is 10.1 Å². The van der Waals surface area contributed by atoms with Crippen LogP contribution in [0.25, 0.3) is 17.0 Å². The zero-order chi connectivity index (χ0) is 17.9. The van der Waals surface area contributed by atoms with Crippen LogP contribution in [0.4, 0.5) is 0 Å². The summed E-state index contributed by atoms with van der Waals surface area (Å²) in [4.78, 5) is 21.3. The molecule has 26 heavy (non-hydrogen) atoms. The number of carbonyl (C=O) groups is 1. The Kier molecular flexibility index (Phi) is 4.62. The zero-order valence-electron chi connectivity index (χ0n) is 14.7. The summed E-state index contributed by atoms with van der Waals surface area (Å²) in [6.07, 6.45) is 4.63. The van der Waals surface area contributed by atoms with Gasteiger partial charge in [0.25, 0.3) is 5.91 Å².